The Morgan fingerprint density at radius 3 is 2.36 bits per heavy atom. The highest BCUT2D eigenvalue weighted by atomic mass is 35.5. The third kappa shape index (κ3) is 7.62. The molecule has 1 atom stereocenters. The van der Waals surface area contributed by atoms with Crippen molar-refractivity contribution < 1.29 is 14.4 Å². The first-order valence-corrected chi connectivity index (χ1v) is 10.9. The lowest BCUT2D eigenvalue weighted by Gasteiger charge is -2.22. The number of halogens is 1. The van der Waals surface area contributed by atoms with Gasteiger partial charge < -0.3 is 10.2 Å². The lowest BCUT2D eigenvalue weighted by atomic mass is 9.96. The van der Waals surface area contributed by atoms with Crippen molar-refractivity contribution in [2.24, 2.45) is 16.9 Å². The van der Waals surface area contributed by atoms with Gasteiger partial charge in [-0.05, 0) is 25.2 Å². The molecule has 1 heterocycles. The molecule has 0 bridgehead atoms. The van der Waals surface area contributed by atoms with Gasteiger partial charge in [0, 0.05) is 25.3 Å². The molecular weight excluding hydrogens is 400 g/mol. The fraction of sp³-hybridized carbons (Fsp3) is 0.789. The fourth-order valence-corrected chi connectivity index (χ4v) is 4.41. The monoisotopic (exact) mass is 432 g/mol. The SMILES string of the molecule is CC(C)C[C@H](NC(=O)C1CCCCCC1)C(=O)C(=O)N/N=C1\SCCN1C.Cl. The average molecular weight is 433 g/mol. The van der Waals surface area contributed by atoms with Crippen LogP contribution < -0.4 is 10.7 Å². The Hall–Kier alpha value is -1.28. The Balaban J connectivity index is 0.00000392. The summed E-state index contributed by atoms with van der Waals surface area (Å²) in [5.74, 6) is -0.449. The molecule has 2 amide bonds. The second-order valence-corrected chi connectivity index (χ2v) is 8.91. The van der Waals surface area contributed by atoms with Gasteiger partial charge in [0.15, 0.2) is 5.17 Å². The minimum atomic E-state index is -0.796. The number of hydrogen-bond acceptors (Lipinski definition) is 5. The molecule has 2 rings (SSSR count). The molecule has 28 heavy (non-hydrogen) atoms. The summed E-state index contributed by atoms with van der Waals surface area (Å²) >= 11 is 1.53. The number of thioether (sulfide) groups is 1. The van der Waals surface area contributed by atoms with Crippen LogP contribution in [-0.4, -0.2) is 53.1 Å². The predicted molar refractivity (Wildman–Crippen MR) is 115 cm³/mol. The summed E-state index contributed by atoms with van der Waals surface area (Å²) in [4.78, 5) is 39.5. The van der Waals surface area contributed by atoms with Crippen LogP contribution in [0.5, 0.6) is 0 Å². The van der Waals surface area contributed by atoms with E-state index < -0.39 is 17.7 Å². The van der Waals surface area contributed by atoms with Crippen molar-refractivity contribution in [1.82, 2.24) is 15.6 Å². The minimum Gasteiger partial charge on any atom is -0.352 e. The van der Waals surface area contributed by atoms with Gasteiger partial charge in [-0.2, -0.15) is 0 Å². The fourth-order valence-electron chi connectivity index (χ4n) is 3.44. The van der Waals surface area contributed by atoms with Gasteiger partial charge in [0.05, 0.1) is 6.04 Å². The van der Waals surface area contributed by atoms with E-state index >= 15 is 0 Å². The number of hydrogen-bond donors (Lipinski definition) is 2. The summed E-state index contributed by atoms with van der Waals surface area (Å²) in [7, 11) is 1.89. The van der Waals surface area contributed by atoms with E-state index in [0.717, 1.165) is 50.8 Å². The lowest BCUT2D eigenvalue weighted by Crippen LogP contribution is -2.49. The Bertz CT molecular complexity index is 578. The molecule has 0 aromatic carbocycles. The van der Waals surface area contributed by atoms with Crippen LogP contribution in [0.1, 0.15) is 58.8 Å². The molecule has 1 saturated heterocycles. The Labute approximate surface area is 178 Å². The predicted octanol–water partition coefficient (Wildman–Crippen LogP) is 2.54. The first-order chi connectivity index (χ1) is 12.9. The van der Waals surface area contributed by atoms with Crippen LogP contribution in [0.4, 0.5) is 0 Å². The smallest absolute Gasteiger partial charge is 0.309 e. The molecule has 160 valence electrons. The number of Topliss-reactive ketones (excluding diaryl/α,β-unsaturated/α-hetero) is 1. The van der Waals surface area contributed by atoms with Crippen molar-refractivity contribution >= 4 is 46.9 Å². The summed E-state index contributed by atoms with van der Waals surface area (Å²) in [5.41, 5.74) is 2.36. The zero-order chi connectivity index (χ0) is 19.8. The Kier molecular flexibility index (Phi) is 10.9. The van der Waals surface area contributed by atoms with Gasteiger partial charge in [0.2, 0.25) is 11.7 Å². The van der Waals surface area contributed by atoms with Crippen LogP contribution in [0.25, 0.3) is 0 Å². The molecular formula is C19H33ClN4O3S. The van der Waals surface area contributed by atoms with Gasteiger partial charge in [-0.15, -0.1) is 17.5 Å². The maximum absolute atomic E-state index is 12.6. The van der Waals surface area contributed by atoms with Crippen molar-refractivity contribution in [3.05, 3.63) is 0 Å². The summed E-state index contributed by atoms with van der Waals surface area (Å²) in [6.07, 6.45) is 6.57. The van der Waals surface area contributed by atoms with Gasteiger partial charge in [0.25, 0.3) is 0 Å². The average Bonchev–Trinajstić information content (AvgIpc) is 2.86. The number of carbonyl (C=O) groups is 3. The van der Waals surface area contributed by atoms with Crippen LogP contribution in [0, 0.1) is 11.8 Å². The largest absolute Gasteiger partial charge is 0.352 e. The Morgan fingerprint density at radius 1 is 1.18 bits per heavy atom. The minimum absolute atomic E-state index is 0. The molecule has 0 aromatic rings. The quantitative estimate of drug-likeness (QED) is 0.366. The standard InChI is InChI=1S/C19H32N4O3S.ClH/c1-13(2)12-15(20-17(25)14-8-6-4-5-7-9-14)16(24)18(26)21-22-19-23(3)10-11-27-19;/h13-15H,4-12H2,1-3H3,(H,20,25)(H,21,26);1H/b22-19-;/t15-;/m0./s1. The van der Waals surface area contributed by atoms with Gasteiger partial charge in [-0.25, -0.2) is 5.43 Å². The van der Waals surface area contributed by atoms with Gasteiger partial charge in [0.1, 0.15) is 0 Å². The van der Waals surface area contributed by atoms with E-state index in [4.69, 9.17) is 0 Å². The number of hydrazone groups is 1. The maximum atomic E-state index is 12.6. The van der Waals surface area contributed by atoms with Crippen molar-refractivity contribution in [3.8, 4) is 0 Å². The van der Waals surface area contributed by atoms with E-state index in [-0.39, 0.29) is 30.2 Å². The van der Waals surface area contributed by atoms with Crippen molar-refractivity contribution in [3.63, 3.8) is 0 Å². The first kappa shape index (κ1) is 24.8. The van der Waals surface area contributed by atoms with Crippen molar-refractivity contribution in [2.45, 2.75) is 64.8 Å². The van der Waals surface area contributed by atoms with Gasteiger partial charge in [-0.1, -0.05) is 51.3 Å². The second kappa shape index (κ2) is 12.3. The summed E-state index contributed by atoms with van der Waals surface area (Å²) in [6.45, 7) is 4.81. The van der Waals surface area contributed by atoms with E-state index in [1.54, 1.807) is 0 Å². The van der Waals surface area contributed by atoms with Crippen LogP contribution in [0.2, 0.25) is 0 Å². The Morgan fingerprint density at radius 2 is 1.82 bits per heavy atom. The molecule has 0 radical (unpaired) electrons. The number of nitrogens with zero attached hydrogens (tertiary/aromatic N) is 2. The highest BCUT2D eigenvalue weighted by Gasteiger charge is 2.30. The van der Waals surface area contributed by atoms with Crippen molar-refractivity contribution in [2.75, 3.05) is 19.3 Å². The molecule has 0 spiro atoms. The summed E-state index contributed by atoms with van der Waals surface area (Å²) in [6, 6.07) is -0.796. The highest BCUT2D eigenvalue weighted by molar-refractivity contribution is 8.14. The molecule has 2 aliphatic rings. The zero-order valence-corrected chi connectivity index (χ0v) is 18.7. The van der Waals surface area contributed by atoms with Crippen LogP contribution in [-0.2, 0) is 14.4 Å². The number of amides is 2. The van der Waals surface area contributed by atoms with E-state index in [1.165, 1.54) is 11.8 Å². The molecule has 7 nitrogen and oxygen atoms in total. The van der Waals surface area contributed by atoms with E-state index in [2.05, 4.69) is 15.8 Å². The molecule has 1 aliphatic heterocycles. The number of ketones is 1. The molecule has 0 aromatic heterocycles. The number of carbonyl (C=O) groups excluding carboxylic acids is 3. The van der Waals surface area contributed by atoms with Crippen LogP contribution in [0.3, 0.4) is 0 Å². The maximum Gasteiger partial charge on any atom is 0.309 e. The molecule has 2 N–H and O–H groups in total. The number of nitrogens with one attached hydrogen (secondary N) is 2. The molecule has 9 heteroatoms. The topological polar surface area (TPSA) is 90.9 Å². The van der Waals surface area contributed by atoms with E-state index in [9.17, 15) is 14.4 Å². The molecule has 1 aliphatic carbocycles. The van der Waals surface area contributed by atoms with Crippen molar-refractivity contribution in [1.29, 1.82) is 0 Å². The molecule has 2 fully saturated rings. The lowest BCUT2D eigenvalue weighted by molar-refractivity contribution is -0.140. The third-order valence-corrected chi connectivity index (χ3v) is 6.08. The van der Waals surface area contributed by atoms with Gasteiger partial charge in [-0.3, -0.25) is 14.4 Å². The zero-order valence-electron chi connectivity index (χ0n) is 17.0. The third-order valence-electron chi connectivity index (χ3n) is 5.03. The normalized spacial score (nSPS) is 20.4. The van der Waals surface area contributed by atoms with Gasteiger partial charge >= 0.3 is 5.91 Å². The highest BCUT2D eigenvalue weighted by Crippen LogP contribution is 2.23. The van der Waals surface area contributed by atoms with E-state index in [0.29, 0.717) is 11.6 Å². The van der Waals surface area contributed by atoms with E-state index in [1.807, 2.05) is 25.8 Å². The molecule has 1 saturated carbocycles. The number of amidine groups is 1. The van der Waals surface area contributed by atoms with Crippen LogP contribution >= 0.6 is 24.2 Å². The summed E-state index contributed by atoms with van der Waals surface area (Å²) < 4.78 is 0. The van der Waals surface area contributed by atoms with Crippen LogP contribution in [0.15, 0.2) is 5.10 Å². The summed E-state index contributed by atoms with van der Waals surface area (Å²) in [5, 5.41) is 7.58. The molecule has 0 unspecified atom stereocenters. The number of rotatable bonds is 7. The first-order valence-electron chi connectivity index (χ1n) is 9.94. The second-order valence-electron chi connectivity index (χ2n) is 7.85.